The molecule has 0 atom stereocenters. The van der Waals surface area contributed by atoms with Gasteiger partial charge >= 0.3 is 0 Å². The number of carbonyl (C=O) groups excluding carboxylic acids is 2. The van der Waals surface area contributed by atoms with Crippen LogP contribution in [0.25, 0.3) is 0 Å². The highest BCUT2D eigenvalue weighted by Crippen LogP contribution is 2.22. The van der Waals surface area contributed by atoms with Crippen LogP contribution >= 0.6 is 0 Å². The molecule has 1 rings (SSSR count). The molecule has 0 saturated heterocycles. The Morgan fingerprint density at radius 2 is 1.73 bits per heavy atom. The minimum Gasteiger partial charge on any atom is -0.307 e. The molecule has 0 bridgehead atoms. The third-order valence-electron chi connectivity index (χ3n) is 2.57. The topological polar surface area (TPSA) is 34.1 Å². The second kappa shape index (κ2) is 15.8. The van der Waals surface area contributed by atoms with Crippen molar-refractivity contribution in [2.24, 2.45) is 5.92 Å². The zero-order chi connectivity index (χ0) is 11.9. The first kappa shape index (κ1) is 16.8. The van der Waals surface area contributed by atoms with Crippen LogP contribution in [0.3, 0.4) is 0 Å². The molecule has 0 N–H and O–H groups in total. The number of aldehydes is 1. The van der Waals surface area contributed by atoms with Crippen molar-refractivity contribution in [1.29, 1.82) is 0 Å². The summed E-state index contributed by atoms with van der Waals surface area (Å²) in [6.45, 7) is 6.43. The van der Waals surface area contributed by atoms with E-state index in [2.05, 4.69) is 13.8 Å². The van der Waals surface area contributed by atoms with Crippen LogP contribution in [0.4, 0.5) is 0 Å². The van der Waals surface area contributed by atoms with E-state index in [0.717, 1.165) is 31.5 Å². The largest absolute Gasteiger partial charge is 0.307 e. The molecule has 0 aromatic rings. The zero-order valence-corrected chi connectivity index (χ0v) is 10.3. The molecule has 1 aliphatic rings. The van der Waals surface area contributed by atoms with Crippen LogP contribution < -0.4 is 0 Å². The van der Waals surface area contributed by atoms with E-state index in [1.807, 2.05) is 6.79 Å². The summed E-state index contributed by atoms with van der Waals surface area (Å²) in [6, 6.07) is 0. The lowest BCUT2D eigenvalue weighted by Gasteiger charge is -2.15. The maximum Gasteiger partial charge on any atom is 0.119 e. The Kier molecular flexibility index (Phi) is 17.6. The Hall–Kier alpha value is -0.660. The first-order chi connectivity index (χ1) is 7.31. The van der Waals surface area contributed by atoms with Gasteiger partial charge in [0.25, 0.3) is 0 Å². The van der Waals surface area contributed by atoms with Gasteiger partial charge in [0.05, 0.1) is 0 Å². The van der Waals surface area contributed by atoms with Crippen molar-refractivity contribution in [2.45, 2.75) is 65.2 Å². The van der Waals surface area contributed by atoms with Gasteiger partial charge in [-0.2, -0.15) is 0 Å². The van der Waals surface area contributed by atoms with E-state index in [1.54, 1.807) is 0 Å². The molecule has 15 heavy (non-hydrogen) atoms. The standard InChI is InChI=1S/C7H14.C5H10O.CH2O/c1-7-5-3-2-4-6-7;1-2-3-4-5-6;1-2/h7H,2-6H2,1H3;5H,2-4H2,1H3;1H2. The van der Waals surface area contributed by atoms with Crippen LogP contribution in [0, 0.1) is 5.92 Å². The summed E-state index contributed by atoms with van der Waals surface area (Å²) >= 11 is 0. The lowest BCUT2D eigenvalue weighted by molar-refractivity contribution is -0.108. The first-order valence-corrected chi connectivity index (χ1v) is 6.03. The summed E-state index contributed by atoms with van der Waals surface area (Å²) in [4.78, 5) is 17.6. The molecule has 90 valence electrons. The zero-order valence-electron chi connectivity index (χ0n) is 10.3. The molecule has 2 nitrogen and oxygen atoms in total. The van der Waals surface area contributed by atoms with Gasteiger partial charge in [-0.25, -0.2) is 0 Å². The Balaban J connectivity index is 0. The van der Waals surface area contributed by atoms with Crippen molar-refractivity contribution in [3.05, 3.63) is 0 Å². The monoisotopic (exact) mass is 214 g/mol. The minimum atomic E-state index is 0.733. The SMILES string of the molecule is C=O.CC1CCCCC1.CCCCC=O. The van der Waals surface area contributed by atoms with Crippen molar-refractivity contribution in [3.63, 3.8) is 0 Å². The van der Waals surface area contributed by atoms with Crippen LogP contribution in [0.2, 0.25) is 0 Å². The van der Waals surface area contributed by atoms with Crippen LogP contribution in [-0.2, 0) is 9.59 Å². The third-order valence-corrected chi connectivity index (χ3v) is 2.57. The summed E-state index contributed by atoms with van der Waals surface area (Å²) in [5, 5.41) is 0. The maximum atomic E-state index is 9.56. The Morgan fingerprint density at radius 3 is 1.93 bits per heavy atom. The normalized spacial score (nSPS) is 15.3. The Morgan fingerprint density at radius 1 is 1.20 bits per heavy atom. The summed E-state index contributed by atoms with van der Waals surface area (Å²) < 4.78 is 0. The van der Waals surface area contributed by atoms with E-state index in [4.69, 9.17) is 4.79 Å². The van der Waals surface area contributed by atoms with E-state index in [0.29, 0.717) is 0 Å². The van der Waals surface area contributed by atoms with Gasteiger partial charge in [0.15, 0.2) is 0 Å². The maximum absolute atomic E-state index is 9.56. The Labute approximate surface area is 94.4 Å². The van der Waals surface area contributed by atoms with Crippen molar-refractivity contribution in [2.75, 3.05) is 0 Å². The molecule has 0 aliphatic heterocycles. The quantitative estimate of drug-likeness (QED) is 0.529. The van der Waals surface area contributed by atoms with Crippen LogP contribution in [-0.4, -0.2) is 13.1 Å². The van der Waals surface area contributed by atoms with E-state index in [1.165, 1.54) is 32.1 Å². The fourth-order valence-electron chi connectivity index (χ4n) is 1.59. The first-order valence-electron chi connectivity index (χ1n) is 6.03. The van der Waals surface area contributed by atoms with Crippen LogP contribution in [0.1, 0.15) is 65.2 Å². The molecule has 0 aromatic heterocycles. The van der Waals surface area contributed by atoms with E-state index in [-0.39, 0.29) is 0 Å². The number of hydrogen-bond donors (Lipinski definition) is 0. The van der Waals surface area contributed by atoms with Crippen molar-refractivity contribution >= 4 is 13.1 Å². The fourth-order valence-corrected chi connectivity index (χ4v) is 1.59. The molecule has 1 fully saturated rings. The number of rotatable bonds is 3. The predicted molar refractivity (Wildman–Crippen MR) is 65.0 cm³/mol. The van der Waals surface area contributed by atoms with Gasteiger partial charge in [-0.1, -0.05) is 52.4 Å². The molecular weight excluding hydrogens is 188 g/mol. The molecule has 1 saturated carbocycles. The van der Waals surface area contributed by atoms with Gasteiger partial charge < -0.3 is 9.59 Å². The average Bonchev–Trinajstić information content (AvgIpc) is 2.31. The summed E-state index contributed by atoms with van der Waals surface area (Å²) in [6.07, 6.45) is 11.3. The molecular formula is C13H26O2. The van der Waals surface area contributed by atoms with E-state index >= 15 is 0 Å². The smallest absolute Gasteiger partial charge is 0.119 e. The molecule has 1 aliphatic carbocycles. The molecule has 2 heteroatoms. The summed E-state index contributed by atoms with van der Waals surface area (Å²) in [5.74, 6) is 1.04. The molecule has 0 heterocycles. The van der Waals surface area contributed by atoms with Gasteiger partial charge in [-0.15, -0.1) is 0 Å². The highest BCUT2D eigenvalue weighted by Gasteiger charge is 2.05. The molecule has 0 radical (unpaired) electrons. The fraction of sp³-hybridized carbons (Fsp3) is 0.846. The minimum absolute atomic E-state index is 0.733. The van der Waals surface area contributed by atoms with Crippen molar-refractivity contribution in [3.8, 4) is 0 Å². The van der Waals surface area contributed by atoms with Crippen LogP contribution in [0.5, 0.6) is 0 Å². The van der Waals surface area contributed by atoms with Crippen LogP contribution in [0.15, 0.2) is 0 Å². The molecule has 0 aromatic carbocycles. The lowest BCUT2D eigenvalue weighted by atomic mass is 9.91. The predicted octanol–water partition coefficient (Wildman–Crippen LogP) is 3.78. The molecule has 0 amide bonds. The second-order valence-corrected chi connectivity index (χ2v) is 4.05. The van der Waals surface area contributed by atoms with Gasteiger partial charge in [0, 0.05) is 6.42 Å². The number of unbranched alkanes of at least 4 members (excludes halogenated alkanes) is 2. The highest BCUT2D eigenvalue weighted by molar-refractivity contribution is 5.48. The van der Waals surface area contributed by atoms with E-state index < -0.39 is 0 Å². The second-order valence-electron chi connectivity index (χ2n) is 4.05. The van der Waals surface area contributed by atoms with Gasteiger partial charge in [0.1, 0.15) is 13.1 Å². The number of hydrogen-bond acceptors (Lipinski definition) is 2. The lowest BCUT2D eigenvalue weighted by Crippen LogP contribution is -1.99. The average molecular weight is 214 g/mol. The van der Waals surface area contributed by atoms with Gasteiger partial charge in [0.2, 0.25) is 0 Å². The number of carbonyl (C=O) groups is 2. The highest BCUT2D eigenvalue weighted by atomic mass is 16.1. The van der Waals surface area contributed by atoms with Crippen molar-refractivity contribution in [1.82, 2.24) is 0 Å². The summed E-state index contributed by atoms with van der Waals surface area (Å²) in [7, 11) is 0. The summed E-state index contributed by atoms with van der Waals surface area (Å²) in [5.41, 5.74) is 0. The van der Waals surface area contributed by atoms with Gasteiger partial charge in [-0.3, -0.25) is 0 Å². The van der Waals surface area contributed by atoms with Crippen molar-refractivity contribution < 1.29 is 9.59 Å². The third kappa shape index (κ3) is 16.0. The Bertz CT molecular complexity index is 118. The van der Waals surface area contributed by atoms with E-state index in [9.17, 15) is 4.79 Å². The molecule has 0 spiro atoms. The molecule has 0 unspecified atom stereocenters. The van der Waals surface area contributed by atoms with Gasteiger partial charge in [-0.05, 0) is 12.3 Å².